The van der Waals surface area contributed by atoms with E-state index in [0.717, 1.165) is 11.1 Å². The minimum Gasteiger partial charge on any atom is -0.383 e. The van der Waals surface area contributed by atoms with Gasteiger partial charge in [-0.15, -0.1) is 0 Å². The number of fused-ring (bicyclic) bond motifs is 1. The van der Waals surface area contributed by atoms with Gasteiger partial charge in [0, 0.05) is 32.3 Å². The van der Waals surface area contributed by atoms with Crippen molar-refractivity contribution in [1.29, 1.82) is 0 Å². The van der Waals surface area contributed by atoms with Crippen molar-refractivity contribution in [3.8, 4) is 0 Å². The maximum Gasteiger partial charge on any atom is 0.266 e. The Balaban J connectivity index is 1.74. The fourth-order valence-corrected chi connectivity index (χ4v) is 3.23. The Bertz CT molecular complexity index is 955. The summed E-state index contributed by atoms with van der Waals surface area (Å²) in [5.41, 5.74) is 3.29. The zero-order valence-electron chi connectivity index (χ0n) is 16.9. The van der Waals surface area contributed by atoms with Crippen molar-refractivity contribution in [3.63, 3.8) is 0 Å². The molecule has 0 saturated carbocycles. The Kier molecular flexibility index (Phi) is 6.41. The van der Waals surface area contributed by atoms with Gasteiger partial charge in [-0.2, -0.15) is 0 Å². The molecule has 0 aromatic heterocycles. The molecule has 0 aliphatic carbocycles. The standard InChI is InChI=1S/C22H25N3O4/c1-14-4-5-15(2)19(12-14)25-21(27)17-7-6-16(13-18(17)22(25)28)20(26)24-9-8-23-10-11-29-3/h4-7,12-13,23H,8-11H2,1-3H3,(H,24,26). The molecular weight excluding hydrogens is 370 g/mol. The van der Waals surface area contributed by atoms with Crippen molar-refractivity contribution in [2.75, 3.05) is 38.3 Å². The second-order valence-electron chi connectivity index (χ2n) is 6.99. The molecule has 0 fully saturated rings. The Morgan fingerprint density at radius 1 is 0.966 bits per heavy atom. The lowest BCUT2D eigenvalue weighted by molar-refractivity contribution is 0.0923. The zero-order chi connectivity index (χ0) is 21.0. The van der Waals surface area contributed by atoms with Crippen LogP contribution in [0.2, 0.25) is 0 Å². The summed E-state index contributed by atoms with van der Waals surface area (Å²) in [6.45, 7) is 6.13. The lowest BCUT2D eigenvalue weighted by atomic mass is 10.1. The SMILES string of the molecule is COCCNCCNC(=O)c1ccc2c(c1)C(=O)N(c1cc(C)ccc1C)C2=O. The molecule has 0 bridgehead atoms. The molecule has 7 nitrogen and oxygen atoms in total. The van der Waals surface area contributed by atoms with Crippen molar-refractivity contribution in [1.82, 2.24) is 10.6 Å². The van der Waals surface area contributed by atoms with Crippen LogP contribution in [-0.2, 0) is 4.74 Å². The predicted molar refractivity (Wildman–Crippen MR) is 111 cm³/mol. The van der Waals surface area contributed by atoms with E-state index in [1.807, 2.05) is 32.0 Å². The Hall–Kier alpha value is -3.03. The fourth-order valence-electron chi connectivity index (χ4n) is 3.23. The van der Waals surface area contributed by atoms with Crippen molar-refractivity contribution in [3.05, 3.63) is 64.2 Å². The van der Waals surface area contributed by atoms with Crippen molar-refractivity contribution in [2.24, 2.45) is 0 Å². The van der Waals surface area contributed by atoms with Crippen LogP contribution in [0.3, 0.4) is 0 Å². The van der Waals surface area contributed by atoms with Crippen LogP contribution in [0.4, 0.5) is 5.69 Å². The number of imide groups is 1. The lowest BCUT2D eigenvalue weighted by Crippen LogP contribution is -2.33. The third kappa shape index (κ3) is 4.36. The number of anilines is 1. The van der Waals surface area contributed by atoms with Gasteiger partial charge in [-0.05, 0) is 49.2 Å². The summed E-state index contributed by atoms with van der Waals surface area (Å²) in [5.74, 6) is -1.06. The van der Waals surface area contributed by atoms with Crippen LogP contribution >= 0.6 is 0 Å². The molecule has 2 N–H and O–H groups in total. The number of nitrogens with zero attached hydrogens (tertiary/aromatic N) is 1. The van der Waals surface area contributed by atoms with E-state index in [-0.39, 0.29) is 17.4 Å². The molecule has 29 heavy (non-hydrogen) atoms. The number of benzene rings is 2. The summed E-state index contributed by atoms with van der Waals surface area (Å²) in [6.07, 6.45) is 0. The van der Waals surface area contributed by atoms with Gasteiger partial charge in [-0.1, -0.05) is 12.1 Å². The van der Waals surface area contributed by atoms with E-state index >= 15 is 0 Å². The topological polar surface area (TPSA) is 87.7 Å². The second-order valence-corrected chi connectivity index (χ2v) is 6.99. The van der Waals surface area contributed by atoms with Gasteiger partial charge in [-0.3, -0.25) is 14.4 Å². The van der Waals surface area contributed by atoms with Gasteiger partial charge >= 0.3 is 0 Å². The van der Waals surface area contributed by atoms with Gasteiger partial charge in [0.05, 0.1) is 23.4 Å². The average molecular weight is 395 g/mol. The largest absolute Gasteiger partial charge is 0.383 e. The molecule has 152 valence electrons. The first-order valence-corrected chi connectivity index (χ1v) is 9.52. The highest BCUT2D eigenvalue weighted by atomic mass is 16.5. The maximum absolute atomic E-state index is 13.0. The summed E-state index contributed by atoms with van der Waals surface area (Å²) >= 11 is 0. The van der Waals surface area contributed by atoms with Crippen molar-refractivity contribution in [2.45, 2.75) is 13.8 Å². The second kappa shape index (κ2) is 8.98. The highest BCUT2D eigenvalue weighted by molar-refractivity contribution is 6.35. The number of aryl methyl sites for hydroxylation is 2. The van der Waals surface area contributed by atoms with Gasteiger partial charge in [0.15, 0.2) is 0 Å². The molecule has 2 aromatic carbocycles. The van der Waals surface area contributed by atoms with Crippen LogP contribution in [0, 0.1) is 13.8 Å². The highest BCUT2D eigenvalue weighted by Gasteiger charge is 2.37. The monoisotopic (exact) mass is 395 g/mol. The van der Waals surface area contributed by atoms with Crippen LogP contribution in [-0.4, -0.2) is 51.1 Å². The molecule has 0 atom stereocenters. The van der Waals surface area contributed by atoms with Crippen LogP contribution in [0.1, 0.15) is 42.2 Å². The molecule has 0 spiro atoms. The van der Waals surface area contributed by atoms with Crippen LogP contribution in [0.15, 0.2) is 36.4 Å². The summed E-state index contributed by atoms with van der Waals surface area (Å²) in [6, 6.07) is 10.3. The molecule has 0 saturated heterocycles. The summed E-state index contributed by atoms with van der Waals surface area (Å²) in [4.78, 5) is 39.4. The van der Waals surface area contributed by atoms with E-state index in [1.165, 1.54) is 11.0 Å². The molecule has 7 heteroatoms. The first-order valence-electron chi connectivity index (χ1n) is 9.52. The number of nitrogens with one attached hydrogen (secondary N) is 2. The van der Waals surface area contributed by atoms with Gasteiger partial charge < -0.3 is 15.4 Å². The number of carbonyl (C=O) groups is 3. The van der Waals surface area contributed by atoms with E-state index in [1.54, 1.807) is 19.2 Å². The highest BCUT2D eigenvalue weighted by Crippen LogP contribution is 2.31. The van der Waals surface area contributed by atoms with E-state index < -0.39 is 5.91 Å². The smallest absolute Gasteiger partial charge is 0.266 e. The first-order chi connectivity index (χ1) is 13.9. The summed E-state index contributed by atoms with van der Waals surface area (Å²) < 4.78 is 4.94. The van der Waals surface area contributed by atoms with Gasteiger partial charge in [0.1, 0.15) is 0 Å². The Morgan fingerprint density at radius 3 is 2.48 bits per heavy atom. The minimum absolute atomic E-state index is 0.252. The van der Waals surface area contributed by atoms with Crippen LogP contribution < -0.4 is 15.5 Å². The average Bonchev–Trinajstić information content (AvgIpc) is 2.96. The molecule has 1 heterocycles. The number of hydrogen-bond donors (Lipinski definition) is 2. The van der Waals surface area contributed by atoms with E-state index in [4.69, 9.17) is 4.74 Å². The van der Waals surface area contributed by atoms with E-state index in [9.17, 15) is 14.4 Å². The number of rotatable bonds is 8. The first kappa shape index (κ1) is 20.7. The molecule has 1 aliphatic rings. The number of ether oxygens (including phenoxy) is 1. The van der Waals surface area contributed by atoms with Gasteiger partial charge in [0.25, 0.3) is 17.7 Å². The van der Waals surface area contributed by atoms with Gasteiger partial charge in [-0.25, -0.2) is 4.90 Å². The molecule has 0 unspecified atom stereocenters. The molecule has 3 rings (SSSR count). The number of hydrogen-bond acceptors (Lipinski definition) is 5. The van der Waals surface area contributed by atoms with Crippen molar-refractivity contribution < 1.29 is 19.1 Å². The number of amides is 3. The Morgan fingerprint density at radius 2 is 1.72 bits per heavy atom. The quantitative estimate of drug-likeness (QED) is 0.528. The third-order valence-electron chi connectivity index (χ3n) is 4.82. The fraction of sp³-hybridized carbons (Fsp3) is 0.318. The van der Waals surface area contributed by atoms with Crippen LogP contribution in [0.25, 0.3) is 0 Å². The number of carbonyl (C=O) groups excluding carboxylic acids is 3. The van der Waals surface area contributed by atoms with E-state index in [0.29, 0.717) is 43.1 Å². The molecule has 3 amide bonds. The third-order valence-corrected chi connectivity index (χ3v) is 4.82. The molecule has 2 aromatic rings. The molecule has 1 aliphatic heterocycles. The number of methoxy groups -OCH3 is 1. The Labute approximate surface area is 170 Å². The predicted octanol–water partition coefficient (Wildman–Crippen LogP) is 2.07. The minimum atomic E-state index is -0.408. The van der Waals surface area contributed by atoms with E-state index in [2.05, 4.69) is 10.6 Å². The summed E-state index contributed by atoms with van der Waals surface area (Å²) in [5, 5.41) is 5.94. The maximum atomic E-state index is 13.0. The summed E-state index contributed by atoms with van der Waals surface area (Å²) in [7, 11) is 1.63. The molecule has 0 radical (unpaired) electrons. The zero-order valence-corrected chi connectivity index (χ0v) is 16.9. The van der Waals surface area contributed by atoms with Gasteiger partial charge in [0.2, 0.25) is 0 Å². The molecular formula is C22H25N3O4. The normalized spacial score (nSPS) is 13.0. The van der Waals surface area contributed by atoms with Crippen molar-refractivity contribution >= 4 is 23.4 Å². The van der Waals surface area contributed by atoms with Crippen LogP contribution in [0.5, 0.6) is 0 Å². The lowest BCUT2D eigenvalue weighted by Gasteiger charge is -2.17.